The van der Waals surface area contributed by atoms with Crippen LogP contribution in [-0.4, -0.2) is 29.6 Å². The highest BCUT2D eigenvalue weighted by atomic mass is 16.5. The van der Waals surface area contributed by atoms with Crippen LogP contribution in [0.15, 0.2) is 91.1 Å². The number of aromatic nitrogens is 1. The van der Waals surface area contributed by atoms with Crippen LogP contribution in [0.3, 0.4) is 0 Å². The molecular formula is C29H23NO4. The third-order valence-corrected chi connectivity index (χ3v) is 5.65. The van der Waals surface area contributed by atoms with Gasteiger partial charge < -0.3 is 4.74 Å². The number of ether oxygens (including phenoxy) is 1. The average molecular weight is 450 g/mol. The number of esters is 1. The van der Waals surface area contributed by atoms with Crippen molar-refractivity contribution in [2.75, 3.05) is 7.11 Å². The monoisotopic (exact) mass is 449 g/mol. The summed E-state index contributed by atoms with van der Waals surface area (Å²) in [5.74, 6) is -1.08. The van der Waals surface area contributed by atoms with Crippen LogP contribution in [0.4, 0.5) is 0 Å². The van der Waals surface area contributed by atoms with Gasteiger partial charge >= 0.3 is 5.97 Å². The van der Waals surface area contributed by atoms with Gasteiger partial charge in [0.05, 0.1) is 24.8 Å². The Bertz CT molecular complexity index is 1360. The molecule has 0 saturated heterocycles. The summed E-state index contributed by atoms with van der Waals surface area (Å²) in [5.41, 5.74) is 3.81. The largest absolute Gasteiger partial charge is 0.469 e. The SMILES string of the molecule is COC(=O)Cc1ncc(C(=O)c2ccccc2)c(-c2ccccc2C)c1C(=O)c1ccccc1. The number of nitrogens with zero attached hydrogens (tertiary/aromatic N) is 1. The number of hydrogen-bond donors (Lipinski definition) is 0. The van der Waals surface area contributed by atoms with Crippen molar-refractivity contribution in [2.24, 2.45) is 0 Å². The maximum atomic E-state index is 13.9. The van der Waals surface area contributed by atoms with Crippen molar-refractivity contribution in [2.45, 2.75) is 13.3 Å². The second kappa shape index (κ2) is 10.0. The first-order valence-corrected chi connectivity index (χ1v) is 10.9. The van der Waals surface area contributed by atoms with Crippen molar-refractivity contribution >= 4 is 17.5 Å². The fraction of sp³-hybridized carbons (Fsp3) is 0.103. The predicted octanol–water partition coefficient (Wildman–Crippen LogP) is 5.23. The van der Waals surface area contributed by atoms with Crippen LogP contribution in [0.5, 0.6) is 0 Å². The summed E-state index contributed by atoms with van der Waals surface area (Å²) >= 11 is 0. The van der Waals surface area contributed by atoms with Gasteiger partial charge in [0.25, 0.3) is 0 Å². The summed E-state index contributed by atoms with van der Waals surface area (Å²) in [5, 5.41) is 0. The molecule has 0 fully saturated rings. The first-order valence-electron chi connectivity index (χ1n) is 10.9. The van der Waals surface area contributed by atoms with Crippen LogP contribution in [0.2, 0.25) is 0 Å². The van der Waals surface area contributed by atoms with Gasteiger partial charge in [0.1, 0.15) is 0 Å². The maximum absolute atomic E-state index is 13.9. The number of carbonyl (C=O) groups is 3. The number of hydrogen-bond acceptors (Lipinski definition) is 5. The van der Waals surface area contributed by atoms with Crippen LogP contribution in [0, 0.1) is 6.92 Å². The normalized spacial score (nSPS) is 10.5. The van der Waals surface area contributed by atoms with Crippen LogP contribution >= 0.6 is 0 Å². The van der Waals surface area contributed by atoms with Gasteiger partial charge in [-0.1, -0.05) is 84.9 Å². The summed E-state index contributed by atoms with van der Waals surface area (Å²) in [7, 11) is 1.29. The molecule has 3 aromatic carbocycles. The summed E-state index contributed by atoms with van der Waals surface area (Å²) in [4.78, 5) is 44.1. The first kappa shape index (κ1) is 22.8. The van der Waals surface area contributed by atoms with Crippen LogP contribution in [0.1, 0.15) is 43.1 Å². The number of ketones is 2. The van der Waals surface area contributed by atoms with Gasteiger partial charge in [-0.2, -0.15) is 0 Å². The Morgan fingerprint density at radius 2 is 1.32 bits per heavy atom. The minimum Gasteiger partial charge on any atom is -0.469 e. The van der Waals surface area contributed by atoms with Gasteiger partial charge in [-0.05, 0) is 18.1 Å². The molecule has 0 N–H and O–H groups in total. The van der Waals surface area contributed by atoms with Crippen LogP contribution < -0.4 is 0 Å². The summed E-state index contributed by atoms with van der Waals surface area (Å²) < 4.78 is 4.85. The molecule has 0 radical (unpaired) electrons. The van der Waals surface area contributed by atoms with Crippen molar-refractivity contribution in [3.05, 3.63) is 125 Å². The first-order chi connectivity index (χ1) is 16.5. The minimum absolute atomic E-state index is 0.191. The van der Waals surface area contributed by atoms with E-state index >= 15 is 0 Å². The molecule has 0 aliphatic heterocycles. The molecular weight excluding hydrogens is 426 g/mol. The molecule has 5 nitrogen and oxygen atoms in total. The maximum Gasteiger partial charge on any atom is 0.311 e. The fourth-order valence-corrected chi connectivity index (χ4v) is 3.92. The van der Waals surface area contributed by atoms with Crippen LogP contribution in [-0.2, 0) is 16.0 Å². The zero-order chi connectivity index (χ0) is 24.1. The number of methoxy groups -OCH3 is 1. The summed E-state index contributed by atoms with van der Waals surface area (Å²) in [6, 6.07) is 25.2. The molecule has 0 amide bonds. The molecule has 4 rings (SSSR count). The van der Waals surface area contributed by atoms with E-state index in [1.807, 2.05) is 43.3 Å². The van der Waals surface area contributed by atoms with Crippen molar-refractivity contribution in [3.63, 3.8) is 0 Å². The fourth-order valence-electron chi connectivity index (χ4n) is 3.92. The predicted molar refractivity (Wildman–Crippen MR) is 130 cm³/mol. The van der Waals surface area contributed by atoms with Crippen molar-refractivity contribution in [3.8, 4) is 11.1 Å². The second-order valence-electron chi connectivity index (χ2n) is 7.83. The number of aryl methyl sites for hydroxylation is 1. The lowest BCUT2D eigenvalue weighted by Crippen LogP contribution is -2.17. The van der Waals surface area contributed by atoms with E-state index < -0.39 is 5.97 Å². The van der Waals surface area contributed by atoms with Gasteiger partial charge in [0.15, 0.2) is 11.6 Å². The van der Waals surface area contributed by atoms with Crippen molar-refractivity contribution in [1.29, 1.82) is 0 Å². The van der Waals surface area contributed by atoms with Crippen molar-refractivity contribution in [1.82, 2.24) is 4.98 Å². The lowest BCUT2D eigenvalue weighted by atomic mass is 9.85. The molecule has 0 unspecified atom stereocenters. The molecule has 0 aliphatic rings. The highest BCUT2D eigenvalue weighted by molar-refractivity contribution is 6.20. The van der Waals surface area contributed by atoms with E-state index in [2.05, 4.69) is 4.98 Å². The van der Waals surface area contributed by atoms with Gasteiger partial charge in [-0.3, -0.25) is 19.4 Å². The highest BCUT2D eigenvalue weighted by Gasteiger charge is 2.28. The van der Waals surface area contributed by atoms with Crippen LogP contribution in [0.25, 0.3) is 11.1 Å². The quantitative estimate of drug-likeness (QED) is 0.285. The number of rotatable bonds is 7. The van der Waals surface area contributed by atoms with E-state index in [0.29, 0.717) is 22.3 Å². The zero-order valence-electron chi connectivity index (χ0n) is 18.9. The third kappa shape index (κ3) is 4.55. The molecule has 34 heavy (non-hydrogen) atoms. The molecule has 1 heterocycles. The summed E-state index contributed by atoms with van der Waals surface area (Å²) in [6.07, 6.45) is 1.26. The Balaban J connectivity index is 2.06. The molecule has 0 atom stereocenters. The molecule has 5 heteroatoms. The van der Waals surface area contributed by atoms with Gasteiger partial charge in [0.2, 0.25) is 0 Å². The average Bonchev–Trinajstić information content (AvgIpc) is 2.89. The third-order valence-electron chi connectivity index (χ3n) is 5.65. The smallest absolute Gasteiger partial charge is 0.311 e. The molecule has 1 aromatic heterocycles. The Hall–Kier alpha value is -4.38. The van der Waals surface area contributed by atoms with E-state index in [4.69, 9.17) is 4.74 Å². The lowest BCUT2D eigenvalue weighted by Gasteiger charge is -2.19. The second-order valence-corrected chi connectivity index (χ2v) is 7.83. The minimum atomic E-state index is -0.521. The van der Waals surface area contributed by atoms with E-state index in [1.54, 1.807) is 48.5 Å². The Morgan fingerprint density at radius 3 is 1.91 bits per heavy atom. The molecule has 4 aromatic rings. The number of pyridine rings is 1. The zero-order valence-corrected chi connectivity index (χ0v) is 18.9. The van der Waals surface area contributed by atoms with E-state index in [9.17, 15) is 14.4 Å². The van der Waals surface area contributed by atoms with Gasteiger partial charge in [-0.25, -0.2) is 0 Å². The Labute approximate surface area is 198 Å². The highest BCUT2D eigenvalue weighted by Crippen LogP contribution is 2.34. The lowest BCUT2D eigenvalue weighted by molar-refractivity contribution is -0.139. The number of carbonyl (C=O) groups excluding carboxylic acids is 3. The Morgan fingerprint density at radius 1 is 0.765 bits per heavy atom. The van der Waals surface area contributed by atoms with Crippen molar-refractivity contribution < 1.29 is 19.1 Å². The van der Waals surface area contributed by atoms with E-state index in [1.165, 1.54) is 13.3 Å². The van der Waals surface area contributed by atoms with E-state index in [-0.39, 0.29) is 29.2 Å². The Kier molecular flexibility index (Phi) is 6.74. The molecule has 0 spiro atoms. The molecule has 0 aliphatic carbocycles. The molecule has 168 valence electrons. The molecule has 0 saturated carbocycles. The molecule has 0 bridgehead atoms. The summed E-state index contributed by atoms with van der Waals surface area (Å²) in [6.45, 7) is 1.92. The number of benzene rings is 3. The topological polar surface area (TPSA) is 73.3 Å². The van der Waals surface area contributed by atoms with E-state index in [0.717, 1.165) is 11.1 Å². The van der Waals surface area contributed by atoms with Gasteiger partial charge in [0, 0.05) is 28.5 Å². The standard InChI is InChI=1S/C29H23NO4/c1-19-11-9-10-16-22(19)26-23(28(32)20-12-5-3-6-13-20)18-30-24(17-25(31)34-2)27(26)29(33)21-14-7-4-8-15-21/h3-16,18H,17H2,1-2H3. The van der Waals surface area contributed by atoms with Gasteiger partial charge in [-0.15, -0.1) is 0 Å².